The van der Waals surface area contributed by atoms with Gasteiger partial charge in [0.1, 0.15) is 12.0 Å². The first kappa shape index (κ1) is 5.90. The second kappa shape index (κ2) is 1.82. The van der Waals surface area contributed by atoms with E-state index in [1.165, 1.54) is 16.9 Å². The van der Waals surface area contributed by atoms with E-state index >= 15 is 0 Å². The maximum absolute atomic E-state index is 10.7. The summed E-state index contributed by atoms with van der Waals surface area (Å²) < 4.78 is 1.49. The zero-order valence-corrected chi connectivity index (χ0v) is 5.48. The topological polar surface area (TPSA) is 89.1 Å². The Labute approximate surface area is 60.7 Å². The van der Waals surface area contributed by atoms with Crippen molar-refractivity contribution in [2.45, 2.75) is 0 Å². The highest BCUT2D eigenvalue weighted by Crippen LogP contribution is 1.97. The summed E-state index contributed by atoms with van der Waals surface area (Å²) in [6.45, 7) is 0. The molecule has 0 bridgehead atoms. The minimum Gasteiger partial charge on any atom is -0.369 e. The van der Waals surface area contributed by atoms with Gasteiger partial charge in [0.25, 0.3) is 0 Å². The first-order chi connectivity index (χ1) is 5.27. The monoisotopic (exact) mass is 151 g/mol. The van der Waals surface area contributed by atoms with Crippen LogP contribution in [0, 0.1) is 0 Å². The van der Waals surface area contributed by atoms with Gasteiger partial charge in [0.2, 0.25) is 5.95 Å². The van der Waals surface area contributed by atoms with Crippen LogP contribution >= 0.6 is 0 Å². The van der Waals surface area contributed by atoms with Crippen LogP contribution in [0.5, 0.6) is 0 Å². The van der Waals surface area contributed by atoms with Gasteiger partial charge in [0.15, 0.2) is 0 Å². The fourth-order valence-corrected chi connectivity index (χ4v) is 0.865. The number of nitrogen functional groups attached to an aromatic ring is 1. The van der Waals surface area contributed by atoms with Gasteiger partial charge in [-0.15, -0.1) is 0 Å². The van der Waals surface area contributed by atoms with E-state index in [9.17, 15) is 4.79 Å². The van der Waals surface area contributed by atoms with Crippen molar-refractivity contribution in [1.29, 1.82) is 0 Å². The minimum atomic E-state index is -0.463. The maximum Gasteiger partial charge on any atom is 0.349 e. The molecule has 0 aromatic carbocycles. The van der Waals surface area contributed by atoms with E-state index < -0.39 is 5.69 Å². The van der Waals surface area contributed by atoms with E-state index in [0.717, 1.165) is 0 Å². The average Bonchev–Trinajstić information content (AvgIpc) is 2.34. The smallest absolute Gasteiger partial charge is 0.349 e. The Balaban J connectivity index is 3.02. The molecule has 0 amide bonds. The third-order valence-corrected chi connectivity index (χ3v) is 1.34. The predicted molar refractivity (Wildman–Crippen MR) is 38.0 cm³/mol. The van der Waals surface area contributed by atoms with E-state index in [0.29, 0.717) is 5.65 Å². The van der Waals surface area contributed by atoms with Gasteiger partial charge < -0.3 is 5.73 Å². The Morgan fingerprint density at radius 3 is 3.27 bits per heavy atom. The van der Waals surface area contributed by atoms with E-state index in [2.05, 4.69) is 15.0 Å². The molecule has 2 heterocycles. The van der Waals surface area contributed by atoms with Crippen LogP contribution in [0.2, 0.25) is 0 Å². The number of nitrogens with two attached hydrogens (primary N) is 1. The van der Waals surface area contributed by atoms with Crippen LogP contribution in [-0.4, -0.2) is 19.4 Å². The van der Waals surface area contributed by atoms with Crippen molar-refractivity contribution in [2.24, 2.45) is 0 Å². The summed E-state index contributed by atoms with van der Waals surface area (Å²) in [5.41, 5.74) is 5.47. The third kappa shape index (κ3) is 0.759. The molecule has 0 aliphatic rings. The molecule has 56 valence electrons. The minimum absolute atomic E-state index is 0.140. The number of aromatic nitrogens is 4. The number of anilines is 1. The number of aromatic amines is 1. The molecule has 0 saturated carbocycles. The number of fused-ring (bicyclic) bond motifs is 1. The Bertz CT molecular complexity index is 441. The van der Waals surface area contributed by atoms with Crippen LogP contribution in [-0.2, 0) is 0 Å². The molecule has 2 aromatic rings. The molecule has 0 fully saturated rings. The van der Waals surface area contributed by atoms with Gasteiger partial charge in [-0.25, -0.2) is 9.78 Å². The number of rotatable bonds is 0. The van der Waals surface area contributed by atoms with Gasteiger partial charge in [-0.05, 0) is 0 Å². The molecule has 6 heteroatoms. The van der Waals surface area contributed by atoms with Crippen LogP contribution in [0.4, 0.5) is 5.95 Å². The highest BCUT2D eigenvalue weighted by atomic mass is 16.1. The summed E-state index contributed by atoms with van der Waals surface area (Å²) in [4.78, 5) is 20.4. The molecule has 0 saturated heterocycles. The molecular formula is C5H5N5O. The van der Waals surface area contributed by atoms with Gasteiger partial charge in [0.05, 0.1) is 6.20 Å². The zero-order valence-electron chi connectivity index (χ0n) is 5.48. The van der Waals surface area contributed by atoms with Gasteiger partial charge in [-0.2, -0.15) is 4.98 Å². The van der Waals surface area contributed by atoms with E-state index in [-0.39, 0.29) is 5.95 Å². The van der Waals surface area contributed by atoms with Gasteiger partial charge in [-0.3, -0.25) is 9.38 Å². The van der Waals surface area contributed by atoms with Gasteiger partial charge in [0, 0.05) is 0 Å². The van der Waals surface area contributed by atoms with Crippen LogP contribution in [0.3, 0.4) is 0 Å². The molecule has 0 atom stereocenters. The van der Waals surface area contributed by atoms with Crippen molar-refractivity contribution in [3.8, 4) is 0 Å². The lowest BCUT2D eigenvalue weighted by atomic mass is 10.7. The maximum atomic E-state index is 10.7. The first-order valence-electron chi connectivity index (χ1n) is 2.95. The van der Waals surface area contributed by atoms with E-state index in [1.54, 1.807) is 0 Å². The van der Waals surface area contributed by atoms with E-state index in [4.69, 9.17) is 5.73 Å². The molecule has 3 N–H and O–H groups in total. The standard InChI is InChI=1S/C5H5N5O/c6-4-9-5(11)8-3-1-7-2-10(3)4/h1-2H,(H3,6,8,9,11). The SMILES string of the molecule is Nc1nc(=O)[nH]c2cncn12. The van der Waals surface area contributed by atoms with Crippen molar-refractivity contribution in [3.63, 3.8) is 0 Å². The first-order valence-corrected chi connectivity index (χ1v) is 2.95. The largest absolute Gasteiger partial charge is 0.369 e. The number of imidazole rings is 1. The molecule has 0 spiro atoms. The lowest BCUT2D eigenvalue weighted by Gasteiger charge is -1.94. The molecule has 2 rings (SSSR count). The quantitative estimate of drug-likeness (QED) is 0.505. The fraction of sp³-hybridized carbons (Fsp3) is 0. The van der Waals surface area contributed by atoms with Crippen molar-refractivity contribution < 1.29 is 0 Å². The Morgan fingerprint density at radius 1 is 1.64 bits per heavy atom. The lowest BCUT2D eigenvalue weighted by Crippen LogP contribution is -2.15. The average molecular weight is 151 g/mol. The van der Waals surface area contributed by atoms with Crippen molar-refractivity contribution >= 4 is 11.6 Å². The number of nitrogens with zero attached hydrogens (tertiary/aromatic N) is 3. The Kier molecular flexibility index (Phi) is 0.974. The third-order valence-electron chi connectivity index (χ3n) is 1.34. The van der Waals surface area contributed by atoms with Crippen molar-refractivity contribution in [1.82, 2.24) is 19.4 Å². The lowest BCUT2D eigenvalue weighted by molar-refractivity contribution is 0.989. The van der Waals surface area contributed by atoms with Crippen LogP contribution < -0.4 is 11.4 Å². The molecule has 0 aliphatic heterocycles. The summed E-state index contributed by atoms with van der Waals surface area (Å²) in [5, 5.41) is 0. The highest BCUT2D eigenvalue weighted by molar-refractivity contribution is 5.39. The highest BCUT2D eigenvalue weighted by Gasteiger charge is 1.98. The van der Waals surface area contributed by atoms with Crippen molar-refractivity contribution in [3.05, 3.63) is 23.0 Å². The zero-order chi connectivity index (χ0) is 7.84. The second-order valence-corrected chi connectivity index (χ2v) is 2.05. The number of hydrogen-bond acceptors (Lipinski definition) is 4. The second-order valence-electron chi connectivity index (χ2n) is 2.05. The molecular weight excluding hydrogens is 146 g/mol. The molecule has 0 radical (unpaired) electrons. The molecule has 2 aromatic heterocycles. The molecule has 11 heavy (non-hydrogen) atoms. The van der Waals surface area contributed by atoms with E-state index in [1.807, 2.05) is 0 Å². The Morgan fingerprint density at radius 2 is 2.45 bits per heavy atom. The summed E-state index contributed by atoms with van der Waals surface area (Å²) in [5.74, 6) is 0.140. The van der Waals surface area contributed by atoms with Crippen LogP contribution in [0.25, 0.3) is 5.65 Å². The summed E-state index contributed by atoms with van der Waals surface area (Å²) in [6, 6.07) is 0. The molecule has 6 nitrogen and oxygen atoms in total. The van der Waals surface area contributed by atoms with Crippen LogP contribution in [0.15, 0.2) is 17.3 Å². The summed E-state index contributed by atoms with van der Waals surface area (Å²) >= 11 is 0. The number of H-pyrrole nitrogens is 1. The molecule has 0 aliphatic carbocycles. The number of hydrogen-bond donors (Lipinski definition) is 2. The van der Waals surface area contributed by atoms with Crippen LogP contribution in [0.1, 0.15) is 0 Å². The Hall–Kier alpha value is -1.85. The summed E-state index contributed by atoms with van der Waals surface area (Å²) in [7, 11) is 0. The van der Waals surface area contributed by atoms with Crippen molar-refractivity contribution in [2.75, 3.05) is 5.73 Å². The predicted octanol–water partition coefficient (Wildman–Crippen LogP) is -1.00. The normalized spacial score (nSPS) is 10.5. The fourth-order valence-electron chi connectivity index (χ4n) is 0.865. The van der Waals surface area contributed by atoms with Gasteiger partial charge in [-0.1, -0.05) is 0 Å². The van der Waals surface area contributed by atoms with Gasteiger partial charge >= 0.3 is 5.69 Å². The summed E-state index contributed by atoms with van der Waals surface area (Å²) in [6.07, 6.45) is 2.98. The number of nitrogens with one attached hydrogen (secondary N) is 1. The molecule has 0 unspecified atom stereocenters.